The zero-order valence-corrected chi connectivity index (χ0v) is 7.92. The van der Waals surface area contributed by atoms with E-state index in [9.17, 15) is 0 Å². The Bertz CT molecular complexity index is 587. The highest BCUT2D eigenvalue weighted by Crippen LogP contribution is 2.26. The summed E-state index contributed by atoms with van der Waals surface area (Å²) in [5.74, 6) is 0. The monoisotopic (exact) mass is 196 g/mol. The second kappa shape index (κ2) is 3.20. The molecular weight excluding hydrogens is 188 g/mol. The quantitative estimate of drug-likeness (QED) is 0.600. The van der Waals surface area contributed by atoms with E-state index in [0.717, 1.165) is 22.2 Å². The van der Waals surface area contributed by atoms with E-state index in [2.05, 4.69) is 10.1 Å². The number of pyridine rings is 1. The van der Waals surface area contributed by atoms with Gasteiger partial charge in [-0.1, -0.05) is 17.3 Å². The van der Waals surface area contributed by atoms with Gasteiger partial charge in [-0.05, 0) is 24.3 Å². The van der Waals surface area contributed by atoms with Gasteiger partial charge in [-0.2, -0.15) is 0 Å². The van der Waals surface area contributed by atoms with Crippen LogP contribution in [0.3, 0.4) is 0 Å². The molecule has 3 nitrogen and oxygen atoms in total. The number of para-hydroxylation sites is 1. The van der Waals surface area contributed by atoms with Crippen molar-refractivity contribution >= 4 is 11.0 Å². The zero-order valence-electron chi connectivity index (χ0n) is 7.92. The smallest absolute Gasteiger partial charge is 0.167 e. The summed E-state index contributed by atoms with van der Waals surface area (Å²) in [4.78, 5) is 3.98. The average Bonchev–Trinajstić information content (AvgIpc) is 2.74. The molecule has 0 radical (unpaired) electrons. The van der Waals surface area contributed by atoms with E-state index in [4.69, 9.17) is 4.52 Å². The molecule has 0 bridgehead atoms. The Kier molecular flexibility index (Phi) is 1.75. The summed E-state index contributed by atoms with van der Waals surface area (Å²) in [5.41, 5.74) is 2.70. The first-order valence-corrected chi connectivity index (χ1v) is 4.70. The van der Waals surface area contributed by atoms with Gasteiger partial charge in [-0.25, -0.2) is 0 Å². The van der Waals surface area contributed by atoms with Crippen molar-refractivity contribution in [2.24, 2.45) is 0 Å². The van der Waals surface area contributed by atoms with Crippen molar-refractivity contribution in [3.8, 4) is 11.3 Å². The number of benzene rings is 1. The maximum absolute atomic E-state index is 5.23. The highest BCUT2D eigenvalue weighted by Gasteiger charge is 2.08. The van der Waals surface area contributed by atoms with Crippen molar-refractivity contribution in [2.75, 3.05) is 0 Å². The van der Waals surface area contributed by atoms with E-state index in [1.54, 1.807) is 12.4 Å². The van der Waals surface area contributed by atoms with E-state index in [1.807, 2.05) is 36.4 Å². The van der Waals surface area contributed by atoms with Crippen molar-refractivity contribution < 1.29 is 4.52 Å². The minimum absolute atomic E-state index is 0.810. The molecule has 72 valence electrons. The zero-order chi connectivity index (χ0) is 10.1. The van der Waals surface area contributed by atoms with Crippen LogP contribution in [0.25, 0.3) is 22.2 Å². The van der Waals surface area contributed by atoms with Gasteiger partial charge in [0.05, 0.1) is 0 Å². The van der Waals surface area contributed by atoms with Crippen LogP contribution in [0.4, 0.5) is 0 Å². The van der Waals surface area contributed by atoms with Gasteiger partial charge < -0.3 is 4.52 Å². The van der Waals surface area contributed by atoms with Crippen LogP contribution in [0, 0.1) is 0 Å². The fraction of sp³-hybridized carbons (Fsp3) is 0. The van der Waals surface area contributed by atoms with Crippen LogP contribution in [-0.4, -0.2) is 10.1 Å². The fourth-order valence-electron chi connectivity index (χ4n) is 1.60. The van der Waals surface area contributed by atoms with E-state index < -0.39 is 0 Å². The van der Waals surface area contributed by atoms with E-state index in [0.29, 0.717) is 0 Å². The number of hydrogen-bond donors (Lipinski definition) is 0. The number of aromatic nitrogens is 2. The molecule has 0 spiro atoms. The molecule has 0 fully saturated rings. The second-order valence-corrected chi connectivity index (χ2v) is 3.26. The minimum Gasteiger partial charge on any atom is -0.356 e. The van der Waals surface area contributed by atoms with E-state index in [-0.39, 0.29) is 0 Å². The molecule has 0 saturated carbocycles. The Morgan fingerprint density at radius 3 is 2.60 bits per heavy atom. The average molecular weight is 196 g/mol. The number of rotatable bonds is 1. The van der Waals surface area contributed by atoms with Gasteiger partial charge in [0.1, 0.15) is 5.69 Å². The van der Waals surface area contributed by atoms with Crippen LogP contribution in [0.1, 0.15) is 0 Å². The molecule has 0 amide bonds. The van der Waals surface area contributed by atoms with Gasteiger partial charge in [0.25, 0.3) is 0 Å². The Balaban J connectivity index is 2.28. The summed E-state index contributed by atoms with van der Waals surface area (Å²) in [6, 6.07) is 11.7. The molecule has 2 heterocycles. The first-order valence-electron chi connectivity index (χ1n) is 4.70. The van der Waals surface area contributed by atoms with Crippen LogP contribution in [0.15, 0.2) is 53.3 Å². The summed E-state index contributed by atoms with van der Waals surface area (Å²) in [6.07, 6.45) is 3.50. The summed E-state index contributed by atoms with van der Waals surface area (Å²) in [6.45, 7) is 0. The molecule has 0 saturated heterocycles. The summed E-state index contributed by atoms with van der Waals surface area (Å²) in [5, 5.41) is 5.09. The van der Waals surface area contributed by atoms with Crippen LogP contribution >= 0.6 is 0 Å². The van der Waals surface area contributed by atoms with Gasteiger partial charge in [0, 0.05) is 23.3 Å². The Labute approximate surface area is 86.4 Å². The van der Waals surface area contributed by atoms with Gasteiger partial charge in [-0.15, -0.1) is 0 Å². The Morgan fingerprint density at radius 1 is 0.933 bits per heavy atom. The largest absolute Gasteiger partial charge is 0.356 e. The lowest BCUT2D eigenvalue weighted by Gasteiger charge is -1.93. The van der Waals surface area contributed by atoms with Crippen molar-refractivity contribution in [1.82, 2.24) is 10.1 Å². The molecule has 3 heteroatoms. The molecular formula is C12H8N2O. The van der Waals surface area contributed by atoms with Crippen LogP contribution < -0.4 is 0 Å². The van der Waals surface area contributed by atoms with Crippen LogP contribution in [0.5, 0.6) is 0 Å². The van der Waals surface area contributed by atoms with Crippen molar-refractivity contribution in [1.29, 1.82) is 0 Å². The third kappa shape index (κ3) is 1.29. The molecule has 15 heavy (non-hydrogen) atoms. The molecule has 0 aliphatic rings. The van der Waals surface area contributed by atoms with E-state index >= 15 is 0 Å². The molecule has 3 aromatic rings. The van der Waals surface area contributed by atoms with Crippen molar-refractivity contribution in [3.63, 3.8) is 0 Å². The van der Waals surface area contributed by atoms with Crippen LogP contribution in [-0.2, 0) is 0 Å². The number of fused-ring (bicyclic) bond motifs is 1. The van der Waals surface area contributed by atoms with Crippen molar-refractivity contribution in [2.45, 2.75) is 0 Å². The molecule has 0 aliphatic carbocycles. The fourth-order valence-corrected chi connectivity index (χ4v) is 1.60. The first-order chi connectivity index (χ1) is 7.45. The molecule has 0 atom stereocenters. The van der Waals surface area contributed by atoms with Crippen molar-refractivity contribution in [3.05, 3.63) is 48.8 Å². The first kappa shape index (κ1) is 8.17. The normalized spacial score (nSPS) is 10.7. The highest BCUT2D eigenvalue weighted by molar-refractivity contribution is 5.91. The third-order valence-corrected chi connectivity index (χ3v) is 2.33. The Morgan fingerprint density at radius 2 is 1.73 bits per heavy atom. The SMILES string of the molecule is c1ccc2c(-c3ccncc3)noc2c1. The van der Waals surface area contributed by atoms with Gasteiger partial charge in [0.15, 0.2) is 5.58 Å². The maximum Gasteiger partial charge on any atom is 0.167 e. The number of nitrogens with zero attached hydrogens (tertiary/aromatic N) is 2. The van der Waals surface area contributed by atoms with E-state index in [1.165, 1.54) is 0 Å². The number of hydrogen-bond acceptors (Lipinski definition) is 3. The lowest BCUT2D eigenvalue weighted by molar-refractivity contribution is 0.459. The highest BCUT2D eigenvalue weighted by atomic mass is 16.5. The van der Waals surface area contributed by atoms with Gasteiger partial charge in [0.2, 0.25) is 0 Å². The molecule has 0 unspecified atom stereocenters. The molecule has 2 aromatic heterocycles. The summed E-state index contributed by atoms with van der Waals surface area (Å²) < 4.78 is 5.23. The topological polar surface area (TPSA) is 38.9 Å². The lowest BCUT2D eigenvalue weighted by atomic mass is 10.1. The minimum atomic E-state index is 0.810. The summed E-state index contributed by atoms with van der Waals surface area (Å²) in [7, 11) is 0. The van der Waals surface area contributed by atoms with Crippen LogP contribution in [0.2, 0.25) is 0 Å². The molecule has 0 N–H and O–H groups in total. The molecule has 3 rings (SSSR count). The molecule has 0 aliphatic heterocycles. The van der Waals surface area contributed by atoms with Gasteiger partial charge >= 0.3 is 0 Å². The maximum atomic E-state index is 5.23. The predicted molar refractivity (Wildman–Crippen MR) is 57.2 cm³/mol. The molecule has 1 aromatic carbocycles. The van der Waals surface area contributed by atoms with Gasteiger partial charge in [-0.3, -0.25) is 4.98 Å². The third-order valence-electron chi connectivity index (χ3n) is 2.33. The second-order valence-electron chi connectivity index (χ2n) is 3.26. The summed E-state index contributed by atoms with van der Waals surface area (Å²) >= 11 is 0. The lowest BCUT2D eigenvalue weighted by Crippen LogP contribution is -1.78. The Hall–Kier alpha value is -2.16. The standard InChI is InChI=1S/C12H8N2O/c1-2-4-11-10(3-1)12(14-15-11)9-5-7-13-8-6-9/h1-8H. The predicted octanol–water partition coefficient (Wildman–Crippen LogP) is 2.89.